The van der Waals surface area contributed by atoms with E-state index in [-0.39, 0.29) is 5.91 Å². The summed E-state index contributed by atoms with van der Waals surface area (Å²) in [7, 11) is 0. The molecule has 19 heavy (non-hydrogen) atoms. The Bertz CT molecular complexity index is 485. The highest BCUT2D eigenvalue weighted by Crippen LogP contribution is 2.14. The van der Waals surface area contributed by atoms with Crippen LogP contribution in [0.2, 0.25) is 0 Å². The summed E-state index contributed by atoms with van der Waals surface area (Å²) in [5, 5.41) is 5.32. The second-order valence-electron chi connectivity index (χ2n) is 4.03. The van der Waals surface area contributed by atoms with E-state index in [1.54, 1.807) is 6.20 Å². The zero-order valence-corrected chi connectivity index (χ0v) is 12.2. The van der Waals surface area contributed by atoms with E-state index in [0.717, 1.165) is 17.9 Å². The minimum atomic E-state index is 0.0512. The van der Waals surface area contributed by atoms with Crippen LogP contribution in [0.4, 0.5) is 5.13 Å². The summed E-state index contributed by atoms with van der Waals surface area (Å²) in [6.45, 7) is 0. The summed E-state index contributed by atoms with van der Waals surface area (Å²) >= 11 is 3.31. The SMILES string of the molecule is O=C(CCCSCc1ccccc1)Nc1nccs1. The number of benzene rings is 1. The van der Waals surface area contributed by atoms with Crippen molar-refractivity contribution in [2.24, 2.45) is 0 Å². The van der Waals surface area contributed by atoms with Crippen LogP contribution in [0.1, 0.15) is 18.4 Å². The maximum Gasteiger partial charge on any atom is 0.226 e. The zero-order chi connectivity index (χ0) is 13.3. The smallest absolute Gasteiger partial charge is 0.226 e. The Hall–Kier alpha value is -1.33. The maximum absolute atomic E-state index is 11.6. The van der Waals surface area contributed by atoms with E-state index in [9.17, 15) is 4.79 Å². The van der Waals surface area contributed by atoms with E-state index in [1.165, 1.54) is 16.9 Å². The van der Waals surface area contributed by atoms with Crippen molar-refractivity contribution >= 4 is 34.1 Å². The molecule has 1 heterocycles. The van der Waals surface area contributed by atoms with Gasteiger partial charge in [0.15, 0.2) is 5.13 Å². The molecular weight excluding hydrogens is 276 g/mol. The number of hydrogen-bond donors (Lipinski definition) is 1. The van der Waals surface area contributed by atoms with Gasteiger partial charge < -0.3 is 5.32 Å². The van der Waals surface area contributed by atoms with E-state index in [2.05, 4.69) is 34.6 Å². The van der Waals surface area contributed by atoms with Crippen LogP contribution in [0.15, 0.2) is 41.9 Å². The number of nitrogens with one attached hydrogen (secondary N) is 1. The van der Waals surface area contributed by atoms with Crippen molar-refractivity contribution < 1.29 is 4.79 Å². The fourth-order valence-corrected chi connectivity index (χ4v) is 3.03. The molecule has 1 N–H and O–H groups in total. The molecule has 0 aliphatic carbocycles. The van der Waals surface area contributed by atoms with Gasteiger partial charge >= 0.3 is 0 Å². The first-order valence-electron chi connectivity index (χ1n) is 6.15. The molecule has 5 heteroatoms. The normalized spacial score (nSPS) is 10.3. The van der Waals surface area contributed by atoms with E-state index in [1.807, 2.05) is 23.2 Å². The summed E-state index contributed by atoms with van der Waals surface area (Å²) in [5.74, 6) is 2.06. The van der Waals surface area contributed by atoms with Gasteiger partial charge in [-0.05, 0) is 17.7 Å². The molecule has 1 amide bonds. The lowest BCUT2D eigenvalue weighted by Gasteiger charge is -2.02. The molecule has 0 saturated carbocycles. The standard InChI is InChI=1S/C14H16N2OS2/c17-13(16-14-15-8-10-19-14)7-4-9-18-11-12-5-2-1-3-6-12/h1-3,5-6,8,10H,4,7,9,11H2,(H,15,16,17). The highest BCUT2D eigenvalue weighted by molar-refractivity contribution is 7.98. The average molecular weight is 292 g/mol. The number of carbonyl (C=O) groups is 1. The maximum atomic E-state index is 11.6. The molecule has 1 aromatic heterocycles. The van der Waals surface area contributed by atoms with Gasteiger partial charge in [0, 0.05) is 23.8 Å². The van der Waals surface area contributed by atoms with Crippen molar-refractivity contribution in [1.82, 2.24) is 4.98 Å². The van der Waals surface area contributed by atoms with Crippen LogP contribution in [0.5, 0.6) is 0 Å². The van der Waals surface area contributed by atoms with E-state index in [0.29, 0.717) is 11.6 Å². The summed E-state index contributed by atoms with van der Waals surface area (Å²) in [6, 6.07) is 10.4. The van der Waals surface area contributed by atoms with E-state index >= 15 is 0 Å². The minimum Gasteiger partial charge on any atom is -0.302 e. The molecule has 3 nitrogen and oxygen atoms in total. The number of amides is 1. The van der Waals surface area contributed by atoms with Gasteiger partial charge in [0.2, 0.25) is 5.91 Å². The van der Waals surface area contributed by atoms with Gasteiger partial charge in [-0.2, -0.15) is 11.8 Å². The van der Waals surface area contributed by atoms with Crippen LogP contribution in [-0.4, -0.2) is 16.6 Å². The van der Waals surface area contributed by atoms with Crippen molar-refractivity contribution in [3.05, 3.63) is 47.5 Å². The van der Waals surface area contributed by atoms with Crippen molar-refractivity contribution in [3.8, 4) is 0 Å². The minimum absolute atomic E-state index is 0.0512. The molecule has 0 aliphatic heterocycles. The Kier molecular flexibility index (Phi) is 5.91. The van der Waals surface area contributed by atoms with Crippen molar-refractivity contribution in [3.63, 3.8) is 0 Å². The summed E-state index contributed by atoms with van der Waals surface area (Å²) in [6.07, 6.45) is 3.14. The molecule has 0 spiro atoms. The highest BCUT2D eigenvalue weighted by Gasteiger charge is 2.03. The van der Waals surface area contributed by atoms with Gasteiger partial charge in [0.25, 0.3) is 0 Å². The Morgan fingerprint density at radius 2 is 2.16 bits per heavy atom. The molecule has 2 aromatic rings. The van der Waals surface area contributed by atoms with Crippen LogP contribution in [0, 0.1) is 0 Å². The Labute approximate surface area is 121 Å². The lowest BCUT2D eigenvalue weighted by atomic mass is 10.2. The number of anilines is 1. The summed E-state index contributed by atoms with van der Waals surface area (Å²) in [5.41, 5.74) is 1.33. The lowest BCUT2D eigenvalue weighted by Crippen LogP contribution is -2.11. The monoisotopic (exact) mass is 292 g/mol. The average Bonchev–Trinajstić information content (AvgIpc) is 2.92. The first-order chi connectivity index (χ1) is 9.34. The fourth-order valence-electron chi connectivity index (χ4n) is 1.57. The number of hydrogen-bond acceptors (Lipinski definition) is 4. The molecule has 0 atom stereocenters. The molecular formula is C14H16N2OS2. The van der Waals surface area contributed by atoms with Crippen LogP contribution in [-0.2, 0) is 10.5 Å². The van der Waals surface area contributed by atoms with Crippen LogP contribution in [0.3, 0.4) is 0 Å². The van der Waals surface area contributed by atoms with Crippen LogP contribution >= 0.6 is 23.1 Å². The first kappa shape index (κ1) is 14.1. The second-order valence-corrected chi connectivity index (χ2v) is 6.03. The third-order valence-electron chi connectivity index (χ3n) is 2.48. The first-order valence-corrected chi connectivity index (χ1v) is 8.19. The number of aromatic nitrogens is 1. The zero-order valence-electron chi connectivity index (χ0n) is 10.5. The Morgan fingerprint density at radius 3 is 2.89 bits per heavy atom. The molecule has 100 valence electrons. The van der Waals surface area contributed by atoms with Crippen LogP contribution < -0.4 is 5.32 Å². The lowest BCUT2D eigenvalue weighted by molar-refractivity contribution is -0.116. The third-order valence-corrected chi connectivity index (χ3v) is 4.29. The highest BCUT2D eigenvalue weighted by atomic mass is 32.2. The molecule has 0 saturated heterocycles. The van der Waals surface area contributed by atoms with Gasteiger partial charge in [-0.15, -0.1) is 11.3 Å². The largest absolute Gasteiger partial charge is 0.302 e. The number of thioether (sulfide) groups is 1. The van der Waals surface area contributed by atoms with Gasteiger partial charge in [-0.1, -0.05) is 30.3 Å². The van der Waals surface area contributed by atoms with Gasteiger partial charge in [0.05, 0.1) is 0 Å². The number of nitrogens with zero attached hydrogens (tertiary/aromatic N) is 1. The molecule has 0 bridgehead atoms. The Balaban J connectivity index is 1.56. The van der Waals surface area contributed by atoms with Gasteiger partial charge in [-0.3, -0.25) is 4.79 Å². The van der Waals surface area contributed by atoms with Crippen molar-refractivity contribution in [2.45, 2.75) is 18.6 Å². The predicted molar refractivity (Wildman–Crippen MR) is 82.6 cm³/mol. The van der Waals surface area contributed by atoms with Crippen molar-refractivity contribution in [2.75, 3.05) is 11.1 Å². The topological polar surface area (TPSA) is 42.0 Å². The van der Waals surface area contributed by atoms with E-state index in [4.69, 9.17) is 0 Å². The van der Waals surface area contributed by atoms with Gasteiger partial charge in [0.1, 0.15) is 0 Å². The van der Waals surface area contributed by atoms with Crippen molar-refractivity contribution in [1.29, 1.82) is 0 Å². The molecule has 2 rings (SSSR count). The molecule has 1 aromatic carbocycles. The van der Waals surface area contributed by atoms with Gasteiger partial charge in [-0.25, -0.2) is 4.98 Å². The number of carbonyl (C=O) groups excluding carboxylic acids is 1. The Morgan fingerprint density at radius 1 is 1.32 bits per heavy atom. The molecule has 0 aliphatic rings. The molecule has 0 fully saturated rings. The number of rotatable bonds is 7. The number of thiazole rings is 1. The van der Waals surface area contributed by atoms with Crippen LogP contribution in [0.25, 0.3) is 0 Å². The third kappa shape index (κ3) is 5.44. The fraction of sp³-hybridized carbons (Fsp3) is 0.286. The summed E-state index contributed by atoms with van der Waals surface area (Å²) < 4.78 is 0. The van der Waals surface area contributed by atoms with E-state index < -0.39 is 0 Å². The second kappa shape index (κ2) is 7.96. The molecule has 0 unspecified atom stereocenters. The predicted octanol–water partition coefficient (Wildman–Crippen LogP) is 3.80. The molecule has 0 radical (unpaired) electrons. The quantitative estimate of drug-likeness (QED) is 0.789. The summed E-state index contributed by atoms with van der Waals surface area (Å²) in [4.78, 5) is 15.6.